The summed E-state index contributed by atoms with van der Waals surface area (Å²) in [5, 5.41) is 8.64. The van der Waals surface area contributed by atoms with Crippen LogP contribution in [0.15, 0.2) is 24.3 Å². The first-order valence-corrected chi connectivity index (χ1v) is 4.41. The lowest BCUT2D eigenvalue weighted by Crippen LogP contribution is -1.97. The number of carboxylic acids is 1. The molecule has 3 heteroatoms. The van der Waals surface area contributed by atoms with E-state index >= 15 is 0 Å². The molecule has 0 heterocycles. The second kappa shape index (κ2) is 7.63. The maximum atomic E-state index is 10.7. The molecule has 0 aliphatic heterocycles. The van der Waals surface area contributed by atoms with E-state index < -0.39 is 5.97 Å². The SMILES string of the molecule is C.C.CC(=O)CCc1ccc(C(=O)O)cc1. The average Bonchev–Trinajstić information content (AvgIpc) is 2.15. The van der Waals surface area contributed by atoms with Crippen molar-refractivity contribution < 1.29 is 14.7 Å². The third-order valence-electron chi connectivity index (χ3n) is 1.97. The van der Waals surface area contributed by atoms with Gasteiger partial charge in [0.25, 0.3) is 0 Å². The van der Waals surface area contributed by atoms with E-state index in [0.29, 0.717) is 12.8 Å². The summed E-state index contributed by atoms with van der Waals surface area (Å²) in [5.41, 5.74) is 1.27. The van der Waals surface area contributed by atoms with E-state index in [1.807, 2.05) is 0 Å². The molecule has 0 saturated carbocycles. The fourth-order valence-electron chi connectivity index (χ4n) is 1.13. The van der Waals surface area contributed by atoms with Crippen molar-refractivity contribution in [2.45, 2.75) is 34.6 Å². The van der Waals surface area contributed by atoms with Gasteiger partial charge in [-0.05, 0) is 31.0 Å². The highest BCUT2D eigenvalue weighted by atomic mass is 16.4. The Morgan fingerprint density at radius 3 is 2.00 bits per heavy atom. The monoisotopic (exact) mass is 224 g/mol. The smallest absolute Gasteiger partial charge is 0.335 e. The Kier molecular flexibility index (Phi) is 8.00. The molecule has 0 bridgehead atoms. The summed E-state index contributed by atoms with van der Waals surface area (Å²) in [6.45, 7) is 1.55. The van der Waals surface area contributed by atoms with E-state index in [1.165, 1.54) is 0 Å². The number of rotatable bonds is 4. The van der Waals surface area contributed by atoms with E-state index in [9.17, 15) is 9.59 Å². The molecule has 0 aliphatic carbocycles. The van der Waals surface area contributed by atoms with Crippen molar-refractivity contribution in [1.82, 2.24) is 0 Å². The van der Waals surface area contributed by atoms with Gasteiger partial charge in [0.05, 0.1) is 5.56 Å². The second-order valence-electron chi connectivity index (χ2n) is 3.20. The predicted octanol–water partition coefficient (Wildman–Crippen LogP) is 3.18. The predicted molar refractivity (Wildman–Crippen MR) is 65.9 cm³/mol. The summed E-state index contributed by atoms with van der Waals surface area (Å²) in [5.74, 6) is -0.782. The third kappa shape index (κ3) is 5.29. The van der Waals surface area contributed by atoms with Crippen LogP contribution in [0.5, 0.6) is 0 Å². The van der Waals surface area contributed by atoms with Crippen LogP contribution >= 0.6 is 0 Å². The van der Waals surface area contributed by atoms with E-state index in [2.05, 4.69) is 0 Å². The Morgan fingerprint density at radius 1 is 1.12 bits per heavy atom. The molecule has 1 N–H and O–H groups in total. The molecule has 0 fully saturated rings. The van der Waals surface area contributed by atoms with Gasteiger partial charge in [0.15, 0.2) is 0 Å². The lowest BCUT2D eigenvalue weighted by atomic mass is 10.1. The summed E-state index contributed by atoms with van der Waals surface area (Å²) in [6.07, 6.45) is 1.18. The highest BCUT2D eigenvalue weighted by Crippen LogP contribution is 2.06. The highest BCUT2D eigenvalue weighted by Gasteiger charge is 2.02. The number of Topliss-reactive ketones (excluding diaryl/α,β-unsaturated/α-hetero) is 1. The normalized spacial score (nSPS) is 8.56. The zero-order chi connectivity index (χ0) is 10.6. The highest BCUT2D eigenvalue weighted by molar-refractivity contribution is 5.87. The van der Waals surface area contributed by atoms with Crippen molar-refractivity contribution in [2.75, 3.05) is 0 Å². The van der Waals surface area contributed by atoms with Gasteiger partial charge in [0.2, 0.25) is 0 Å². The Morgan fingerprint density at radius 2 is 1.62 bits per heavy atom. The zero-order valence-electron chi connectivity index (χ0n) is 7.99. The van der Waals surface area contributed by atoms with Gasteiger partial charge < -0.3 is 9.90 Å². The number of carbonyl (C=O) groups excluding carboxylic acids is 1. The van der Waals surface area contributed by atoms with Gasteiger partial charge in [0.1, 0.15) is 5.78 Å². The van der Waals surface area contributed by atoms with Crippen molar-refractivity contribution in [1.29, 1.82) is 0 Å². The molecule has 0 saturated heterocycles. The number of carbonyl (C=O) groups is 2. The van der Waals surface area contributed by atoms with Gasteiger partial charge in [0, 0.05) is 6.42 Å². The summed E-state index contributed by atoms with van der Waals surface area (Å²) in [6, 6.07) is 6.59. The summed E-state index contributed by atoms with van der Waals surface area (Å²) in [7, 11) is 0. The first-order valence-electron chi connectivity index (χ1n) is 4.41. The van der Waals surface area contributed by atoms with Crippen LogP contribution in [0.25, 0.3) is 0 Å². The number of ketones is 1. The van der Waals surface area contributed by atoms with Crippen LogP contribution in [-0.4, -0.2) is 16.9 Å². The molecule has 0 spiro atoms. The van der Waals surface area contributed by atoms with Crippen molar-refractivity contribution >= 4 is 11.8 Å². The number of hydrogen-bond donors (Lipinski definition) is 1. The number of aryl methyl sites for hydroxylation is 1. The maximum absolute atomic E-state index is 10.7. The summed E-state index contributed by atoms with van der Waals surface area (Å²) in [4.78, 5) is 21.2. The first-order chi connectivity index (χ1) is 6.59. The molecular formula is C13H20O3. The van der Waals surface area contributed by atoms with Crippen molar-refractivity contribution in [3.05, 3.63) is 35.4 Å². The van der Waals surface area contributed by atoms with Gasteiger partial charge in [-0.3, -0.25) is 0 Å². The quantitative estimate of drug-likeness (QED) is 0.854. The molecule has 90 valence electrons. The summed E-state index contributed by atoms with van der Waals surface area (Å²) < 4.78 is 0. The van der Waals surface area contributed by atoms with E-state index in [1.54, 1.807) is 31.2 Å². The zero-order valence-corrected chi connectivity index (χ0v) is 7.99. The fraction of sp³-hybridized carbons (Fsp3) is 0.385. The van der Waals surface area contributed by atoms with E-state index in [4.69, 9.17) is 5.11 Å². The molecule has 0 aromatic heterocycles. The minimum absolute atomic E-state index is 0. The lowest BCUT2D eigenvalue weighted by Gasteiger charge is -1.99. The molecule has 0 unspecified atom stereocenters. The van der Waals surface area contributed by atoms with Gasteiger partial charge in [-0.1, -0.05) is 27.0 Å². The first kappa shape index (κ1) is 16.8. The Labute approximate surface area is 97.1 Å². The fourth-order valence-corrected chi connectivity index (χ4v) is 1.13. The number of aromatic carboxylic acids is 1. The van der Waals surface area contributed by atoms with Crippen LogP contribution in [-0.2, 0) is 11.2 Å². The number of hydrogen-bond acceptors (Lipinski definition) is 2. The molecule has 3 nitrogen and oxygen atoms in total. The Bertz CT molecular complexity index is 339. The van der Waals surface area contributed by atoms with Crippen LogP contribution in [0.4, 0.5) is 0 Å². The molecule has 0 aliphatic rings. The van der Waals surface area contributed by atoms with Crippen LogP contribution in [0.3, 0.4) is 0 Å². The Balaban J connectivity index is 0. The molecule has 0 atom stereocenters. The van der Waals surface area contributed by atoms with Crippen molar-refractivity contribution in [3.8, 4) is 0 Å². The Hall–Kier alpha value is -1.64. The lowest BCUT2D eigenvalue weighted by molar-refractivity contribution is -0.116. The molecular weight excluding hydrogens is 204 g/mol. The minimum atomic E-state index is -0.928. The molecule has 0 radical (unpaired) electrons. The van der Waals surface area contributed by atoms with Crippen LogP contribution in [0.1, 0.15) is 44.1 Å². The average molecular weight is 224 g/mol. The minimum Gasteiger partial charge on any atom is -0.478 e. The van der Waals surface area contributed by atoms with Gasteiger partial charge in [-0.25, -0.2) is 4.79 Å². The number of carboxylic acid groups (broad SMARTS) is 1. The largest absolute Gasteiger partial charge is 0.478 e. The second-order valence-corrected chi connectivity index (χ2v) is 3.20. The topological polar surface area (TPSA) is 54.4 Å². The number of benzene rings is 1. The van der Waals surface area contributed by atoms with Crippen LogP contribution < -0.4 is 0 Å². The van der Waals surface area contributed by atoms with Gasteiger partial charge in [-0.2, -0.15) is 0 Å². The van der Waals surface area contributed by atoms with Crippen molar-refractivity contribution in [2.24, 2.45) is 0 Å². The molecule has 1 aromatic rings. The molecule has 0 amide bonds. The van der Waals surface area contributed by atoms with E-state index in [0.717, 1.165) is 5.56 Å². The van der Waals surface area contributed by atoms with Crippen LogP contribution in [0.2, 0.25) is 0 Å². The van der Waals surface area contributed by atoms with Gasteiger partial charge in [-0.15, -0.1) is 0 Å². The molecule has 16 heavy (non-hydrogen) atoms. The maximum Gasteiger partial charge on any atom is 0.335 e. The van der Waals surface area contributed by atoms with E-state index in [-0.39, 0.29) is 26.2 Å². The van der Waals surface area contributed by atoms with Crippen LogP contribution in [0, 0.1) is 0 Å². The molecule has 1 aromatic carbocycles. The van der Waals surface area contributed by atoms with Crippen molar-refractivity contribution in [3.63, 3.8) is 0 Å². The summed E-state index contributed by atoms with van der Waals surface area (Å²) >= 11 is 0. The third-order valence-corrected chi connectivity index (χ3v) is 1.97. The van der Waals surface area contributed by atoms with Gasteiger partial charge >= 0.3 is 5.97 Å². The molecule has 1 rings (SSSR count). The standard InChI is InChI=1S/C11H12O3.2CH4/c1-8(12)2-3-9-4-6-10(7-5-9)11(13)14;;/h4-7H,2-3H2,1H3,(H,13,14);2*1H4.